The molecular formula is C13H13BrN4O3S. The minimum absolute atomic E-state index is 0.0168. The van der Waals surface area contributed by atoms with Crippen LogP contribution in [0, 0.1) is 0 Å². The van der Waals surface area contributed by atoms with Crippen LogP contribution in [0.5, 0.6) is 0 Å². The van der Waals surface area contributed by atoms with Crippen molar-refractivity contribution in [1.29, 1.82) is 0 Å². The van der Waals surface area contributed by atoms with Crippen LogP contribution in [0.4, 0.5) is 0 Å². The third-order valence-electron chi connectivity index (χ3n) is 3.39. The Morgan fingerprint density at radius 1 is 1.36 bits per heavy atom. The van der Waals surface area contributed by atoms with Gasteiger partial charge in [-0.15, -0.1) is 5.10 Å². The number of rotatable bonds is 3. The van der Waals surface area contributed by atoms with Gasteiger partial charge in [-0.1, -0.05) is 17.3 Å². The van der Waals surface area contributed by atoms with Crippen molar-refractivity contribution in [3.8, 4) is 5.69 Å². The van der Waals surface area contributed by atoms with Crippen LogP contribution in [0.25, 0.3) is 5.69 Å². The molecule has 1 aliphatic heterocycles. The van der Waals surface area contributed by atoms with Crippen molar-refractivity contribution in [2.45, 2.75) is 12.5 Å². The molecule has 1 amide bonds. The van der Waals surface area contributed by atoms with Gasteiger partial charge in [-0.05, 0) is 34.5 Å². The number of carbonyl (C=O) groups is 1. The number of hydrogen-bond acceptors (Lipinski definition) is 5. The predicted octanol–water partition coefficient (Wildman–Crippen LogP) is 0.947. The van der Waals surface area contributed by atoms with Gasteiger partial charge in [0, 0.05) is 10.5 Å². The quantitative estimate of drug-likeness (QED) is 0.849. The number of aromatic nitrogens is 3. The maximum Gasteiger partial charge on any atom is 0.273 e. The third kappa shape index (κ3) is 3.20. The molecule has 2 aromatic rings. The van der Waals surface area contributed by atoms with E-state index in [1.807, 2.05) is 24.3 Å². The Morgan fingerprint density at radius 2 is 2.14 bits per heavy atom. The molecule has 0 aliphatic carbocycles. The van der Waals surface area contributed by atoms with Crippen LogP contribution >= 0.6 is 15.9 Å². The first-order chi connectivity index (χ1) is 10.4. The summed E-state index contributed by atoms with van der Waals surface area (Å²) in [6.07, 6.45) is 1.95. The minimum atomic E-state index is -3.03. The van der Waals surface area contributed by atoms with Gasteiger partial charge < -0.3 is 5.32 Å². The summed E-state index contributed by atoms with van der Waals surface area (Å²) < 4.78 is 25.1. The number of amides is 1. The SMILES string of the molecule is O=C(N[C@@H]1CCS(=O)(=O)C1)c1cn(-c2ccccc2Br)nn1. The van der Waals surface area contributed by atoms with E-state index in [1.54, 1.807) is 0 Å². The summed E-state index contributed by atoms with van der Waals surface area (Å²) in [7, 11) is -3.03. The Morgan fingerprint density at radius 3 is 2.82 bits per heavy atom. The van der Waals surface area contributed by atoms with Crippen molar-refractivity contribution in [2.75, 3.05) is 11.5 Å². The smallest absolute Gasteiger partial charge is 0.273 e. The number of halogens is 1. The molecule has 1 aromatic heterocycles. The average molecular weight is 385 g/mol. The molecule has 7 nitrogen and oxygen atoms in total. The summed E-state index contributed by atoms with van der Waals surface area (Å²) >= 11 is 3.41. The molecule has 1 aliphatic rings. The van der Waals surface area contributed by atoms with Crippen LogP contribution in [0.2, 0.25) is 0 Å². The Hall–Kier alpha value is -1.74. The normalized spacial score (nSPS) is 20.0. The molecule has 0 unspecified atom stereocenters. The van der Waals surface area contributed by atoms with Crippen LogP contribution in [-0.4, -0.2) is 46.9 Å². The highest BCUT2D eigenvalue weighted by Gasteiger charge is 2.29. The summed E-state index contributed by atoms with van der Waals surface area (Å²) in [5.74, 6) is -0.320. The minimum Gasteiger partial charge on any atom is -0.347 e. The summed E-state index contributed by atoms with van der Waals surface area (Å²) in [5, 5.41) is 10.5. The Kier molecular flexibility index (Phi) is 4.00. The van der Waals surface area contributed by atoms with Gasteiger partial charge in [0.2, 0.25) is 0 Å². The predicted molar refractivity (Wildman–Crippen MR) is 83.6 cm³/mol. The maximum absolute atomic E-state index is 12.1. The monoisotopic (exact) mass is 384 g/mol. The summed E-state index contributed by atoms with van der Waals surface area (Å²) in [6.45, 7) is 0. The highest BCUT2D eigenvalue weighted by atomic mass is 79.9. The molecule has 1 N–H and O–H groups in total. The van der Waals surface area contributed by atoms with E-state index in [-0.39, 0.29) is 23.2 Å². The second-order valence-electron chi connectivity index (χ2n) is 5.07. The molecule has 22 heavy (non-hydrogen) atoms. The van der Waals surface area contributed by atoms with E-state index in [4.69, 9.17) is 0 Å². The maximum atomic E-state index is 12.1. The summed E-state index contributed by atoms with van der Waals surface area (Å²) in [5.41, 5.74) is 0.914. The van der Waals surface area contributed by atoms with E-state index in [1.165, 1.54) is 10.9 Å². The standard InChI is InChI=1S/C13H13BrN4O3S/c14-10-3-1-2-4-12(10)18-7-11(16-17-18)13(19)15-9-5-6-22(20,21)8-9/h1-4,7,9H,5-6,8H2,(H,15,19)/t9-/m1/s1. The lowest BCUT2D eigenvalue weighted by atomic mass is 10.2. The zero-order valence-electron chi connectivity index (χ0n) is 11.4. The van der Waals surface area contributed by atoms with Crippen LogP contribution in [0.15, 0.2) is 34.9 Å². The first-order valence-electron chi connectivity index (χ1n) is 6.63. The lowest BCUT2D eigenvalue weighted by molar-refractivity contribution is 0.0936. The molecule has 0 radical (unpaired) electrons. The van der Waals surface area contributed by atoms with Gasteiger partial charge >= 0.3 is 0 Å². The molecular weight excluding hydrogens is 372 g/mol. The van der Waals surface area contributed by atoms with Crippen LogP contribution in [0.1, 0.15) is 16.9 Å². The van der Waals surface area contributed by atoms with Gasteiger partial charge in [0.25, 0.3) is 5.91 Å². The van der Waals surface area contributed by atoms with Gasteiger partial charge in [-0.2, -0.15) is 0 Å². The molecule has 1 saturated heterocycles. The van der Waals surface area contributed by atoms with Crippen LogP contribution < -0.4 is 5.32 Å². The van der Waals surface area contributed by atoms with Crippen LogP contribution in [-0.2, 0) is 9.84 Å². The Balaban J connectivity index is 1.74. The second kappa shape index (κ2) is 5.81. The molecule has 9 heteroatoms. The lowest BCUT2D eigenvalue weighted by Crippen LogP contribution is -2.35. The van der Waals surface area contributed by atoms with E-state index in [0.29, 0.717) is 6.42 Å². The number of carbonyl (C=O) groups excluding carboxylic acids is 1. The van der Waals surface area contributed by atoms with E-state index in [2.05, 4.69) is 31.6 Å². The van der Waals surface area contributed by atoms with Crippen molar-refractivity contribution >= 4 is 31.7 Å². The van der Waals surface area contributed by atoms with Gasteiger partial charge in [0.05, 0.1) is 23.4 Å². The molecule has 0 saturated carbocycles. The molecule has 0 spiro atoms. The molecule has 2 heterocycles. The molecule has 1 fully saturated rings. The van der Waals surface area contributed by atoms with Crippen molar-refractivity contribution in [3.63, 3.8) is 0 Å². The zero-order valence-corrected chi connectivity index (χ0v) is 13.8. The first-order valence-corrected chi connectivity index (χ1v) is 9.24. The van der Waals surface area contributed by atoms with E-state index in [9.17, 15) is 13.2 Å². The number of nitrogens with zero attached hydrogens (tertiary/aromatic N) is 3. The van der Waals surface area contributed by atoms with E-state index in [0.717, 1.165) is 10.2 Å². The van der Waals surface area contributed by atoms with Crippen molar-refractivity contribution in [2.24, 2.45) is 0 Å². The number of benzene rings is 1. The highest BCUT2D eigenvalue weighted by molar-refractivity contribution is 9.10. The molecule has 0 bridgehead atoms. The molecule has 116 valence electrons. The Labute approximate surface area is 135 Å². The lowest BCUT2D eigenvalue weighted by Gasteiger charge is -2.08. The average Bonchev–Trinajstić information content (AvgIpc) is 3.06. The fourth-order valence-corrected chi connectivity index (χ4v) is 4.43. The van der Waals surface area contributed by atoms with Crippen molar-refractivity contribution in [3.05, 3.63) is 40.6 Å². The molecule has 1 atom stereocenters. The largest absolute Gasteiger partial charge is 0.347 e. The summed E-state index contributed by atoms with van der Waals surface area (Å²) in [6, 6.07) is 7.07. The number of para-hydroxylation sites is 1. The highest BCUT2D eigenvalue weighted by Crippen LogP contribution is 2.19. The second-order valence-corrected chi connectivity index (χ2v) is 8.16. The third-order valence-corrected chi connectivity index (χ3v) is 5.83. The van der Waals surface area contributed by atoms with Crippen molar-refractivity contribution in [1.82, 2.24) is 20.3 Å². The molecule has 3 rings (SSSR count). The van der Waals surface area contributed by atoms with Crippen molar-refractivity contribution < 1.29 is 13.2 Å². The molecule has 1 aromatic carbocycles. The number of hydrogen-bond donors (Lipinski definition) is 1. The van der Waals surface area contributed by atoms with Gasteiger partial charge in [-0.25, -0.2) is 13.1 Å². The van der Waals surface area contributed by atoms with Crippen LogP contribution in [0.3, 0.4) is 0 Å². The van der Waals surface area contributed by atoms with E-state index >= 15 is 0 Å². The summed E-state index contributed by atoms with van der Waals surface area (Å²) in [4.78, 5) is 12.1. The Bertz CT molecular complexity index is 818. The zero-order chi connectivity index (χ0) is 15.7. The fourth-order valence-electron chi connectivity index (χ4n) is 2.29. The van der Waals surface area contributed by atoms with Gasteiger partial charge in [0.1, 0.15) is 0 Å². The topological polar surface area (TPSA) is 94.0 Å². The number of sulfone groups is 1. The van der Waals surface area contributed by atoms with Gasteiger partial charge in [0.15, 0.2) is 15.5 Å². The fraction of sp³-hybridized carbons (Fsp3) is 0.308. The first kappa shape index (κ1) is 15.2. The van der Waals surface area contributed by atoms with E-state index < -0.39 is 15.7 Å². The number of nitrogens with one attached hydrogen (secondary N) is 1. The van der Waals surface area contributed by atoms with Gasteiger partial charge in [-0.3, -0.25) is 4.79 Å².